The fourth-order valence-corrected chi connectivity index (χ4v) is 1.45. The van der Waals surface area contributed by atoms with E-state index >= 15 is 0 Å². The standard InChI is InChI=1S/C11H12F3N3O3/c1-2-15-8-4-3-7(5-9(8)17(19)20)10(18)16-6-11(12,13)14/h3-5,15H,2,6H2,1H3,(H,16,18). The zero-order chi connectivity index (χ0) is 15.3. The van der Waals surface area contributed by atoms with E-state index in [1.807, 2.05) is 0 Å². The van der Waals surface area contributed by atoms with Crippen molar-refractivity contribution in [1.82, 2.24) is 5.32 Å². The Labute approximate surface area is 112 Å². The zero-order valence-corrected chi connectivity index (χ0v) is 10.5. The molecule has 0 aromatic heterocycles. The summed E-state index contributed by atoms with van der Waals surface area (Å²) in [6, 6.07) is 3.44. The summed E-state index contributed by atoms with van der Waals surface area (Å²) in [6.07, 6.45) is -4.54. The Morgan fingerprint density at radius 2 is 2.05 bits per heavy atom. The first-order chi connectivity index (χ1) is 9.24. The second-order valence-corrected chi connectivity index (χ2v) is 3.82. The molecule has 0 aliphatic rings. The molecule has 0 aliphatic carbocycles. The van der Waals surface area contributed by atoms with E-state index in [9.17, 15) is 28.1 Å². The maximum absolute atomic E-state index is 12.0. The lowest BCUT2D eigenvalue weighted by Gasteiger charge is -2.09. The monoisotopic (exact) mass is 291 g/mol. The van der Waals surface area contributed by atoms with Crippen molar-refractivity contribution < 1.29 is 22.9 Å². The van der Waals surface area contributed by atoms with Crippen LogP contribution in [0.15, 0.2) is 18.2 Å². The average molecular weight is 291 g/mol. The largest absolute Gasteiger partial charge is 0.405 e. The Balaban J connectivity index is 2.94. The number of benzene rings is 1. The highest BCUT2D eigenvalue weighted by Crippen LogP contribution is 2.25. The van der Waals surface area contributed by atoms with Crippen LogP contribution < -0.4 is 10.6 Å². The van der Waals surface area contributed by atoms with Gasteiger partial charge in [-0.2, -0.15) is 13.2 Å². The highest BCUT2D eigenvalue weighted by atomic mass is 19.4. The summed E-state index contributed by atoms with van der Waals surface area (Å²) in [5, 5.41) is 15.2. The molecule has 0 saturated carbocycles. The van der Waals surface area contributed by atoms with Crippen molar-refractivity contribution in [3.05, 3.63) is 33.9 Å². The molecule has 0 atom stereocenters. The maximum Gasteiger partial charge on any atom is 0.405 e. The van der Waals surface area contributed by atoms with Crippen molar-refractivity contribution in [1.29, 1.82) is 0 Å². The molecule has 0 heterocycles. The summed E-state index contributed by atoms with van der Waals surface area (Å²) >= 11 is 0. The molecule has 1 amide bonds. The minimum Gasteiger partial charge on any atom is -0.380 e. The van der Waals surface area contributed by atoms with Gasteiger partial charge in [-0.3, -0.25) is 14.9 Å². The number of anilines is 1. The van der Waals surface area contributed by atoms with Gasteiger partial charge >= 0.3 is 6.18 Å². The smallest absolute Gasteiger partial charge is 0.380 e. The van der Waals surface area contributed by atoms with E-state index < -0.39 is 23.6 Å². The highest BCUT2D eigenvalue weighted by Gasteiger charge is 2.28. The van der Waals surface area contributed by atoms with Crippen molar-refractivity contribution in [3.63, 3.8) is 0 Å². The number of rotatable bonds is 5. The third-order valence-corrected chi connectivity index (χ3v) is 2.27. The molecule has 0 radical (unpaired) electrons. The van der Waals surface area contributed by atoms with Crippen LogP contribution in [0.1, 0.15) is 17.3 Å². The van der Waals surface area contributed by atoms with Crippen LogP contribution in [0, 0.1) is 10.1 Å². The second-order valence-electron chi connectivity index (χ2n) is 3.82. The topological polar surface area (TPSA) is 84.3 Å². The van der Waals surface area contributed by atoms with Crippen LogP contribution in [0.5, 0.6) is 0 Å². The normalized spacial score (nSPS) is 11.0. The maximum atomic E-state index is 12.0. The minimum atomic E-state index is -4.54. The van der Waals surface area contributed by atoms with Crippen molar-refractivity contribution >= 4 is 17.3 Å². The number of carbonyl (C=O) groups is 1. The molecule has 9 heteroatoms. The Bertz CT molecular complexity index is 517. The molecule has 20 heavy (non-hydrogen) atoms. The number of hydrogen-bond acceptors (Lipinski definition) is 4. The Morgan fingerprint density at radius 1 is 1.40 bits per heavy atom. The fraction of sp³-hybridized carbons (Fsp3) is 0.364. The number of nitrogens with one attached hydrogen (secondary N) is 2. The molecule has 0 fully saturated rings. The first kappa shape index (κ1) is 15.7. The van der Waals surface area contributed by atoms with Gasteiger partial charge in [0.2, 0.25) is 0 Å². The van der Waals surface area contributed by atoms with E-state index in [0.29, 0.717) is 6.54 Å². The number of amides is 1. The molecular formula is C11H12F3N3O3. The van der Waals surface area contributed by atoms with E-state index in [4.69, 9.17) is 0 Å². The quantitative estimate of drug-likeness (QED) is 0.644. The van der Waals surface area contributed by atoms with Gasteiger partial charge in [-0.25, -0.2) is 0 Å². The van der Waals surface area contributed by atoms with Gasteiger partial charge in [-0.05, 0) is 19.1 Å². The van der Waals surface area contributed by atoms with Crippen LogP contribution in [-0.2, 0) is 0 Å². The molecular weight excluding hydrogens is 279 g/mol. The predicted molar refractivity (Wildman–Crippen MR) is 65.6 cm³/mol. The SMILES string of the molecule is CCNc1ccc(C(=O)NCC(F)(F)F)cc1[N+](=O)[O-]. The number of nitrogens with zero attached hydrogens (tertiary/aromatic N) is 1. The lowest BCUT2D eigenvalue weighted by atomic mass is 10.1. The number of nitro benzene ring substituents is 1. The number of carbonyl (C=O) groups excluding carboxylic acids is 1. The van der Waals surface area contributed by atoms with Gasteiger partial charge in [-0.15, -0.1) is 0 Å². The molecule has 0 spiro atoms. The second kappa shape index (κ2) is 6.22. The summed E-state index contributed by atoms with van der Waals surface area (Å²) in [4.78, 5) is 21.6. The van der Waals surface area contributed by atoms with Crippen molar-refractivity contribution in [2.24, 2.45) is 0 Å². The van der Waals surface area contributed by atoms with Gasteiger partial charge in [0.25, 0.3) is 11.6 Å². The van der Waals surface area contributed by atoms with E-state index in [1.54, 1.807) is 12.2 Å². The number of hydrogen-bond donors (Lipinski definition) is 2. The first-order valence-electron chi connectivity index (χ1n) is 5.62. The lowest BCUT2D eigenvalue weighted by Crippen LogP contribution is -2.33. The molecule has 1 rings (SSSR count). The summed E-state index contributed by atoms with van der Waals surface area (Å²) in [7, 11) is 0. The Kier molecular flexibility index (Phi) is 4.89. The van der Waals surface area contributed by atoms with Gasteiger partial charge in [0.1, 0.15) is 12.2 Å². The van der Waals surface area contributed by atoms with Crippen LogP contribution in [0.3, 0.4) is 0 Å². The molecule has 110 valence electrons. The number of halogens is 3. The summed E-state index contributed by atoms with van der Waals surface area (Å²) in [5.74, 6) is -1.02. The number of nitro groups is 1. The van der Waals surface area contributed by atoms with E-state index in [0.717, 1.165) is 6.07 Å². The zero-order valence-electron chi connectivity index (χ0n) is 10.5. The highest BCUT2D eigenvalue weighted by molar-refractivity contribution is 5.95. The Hall–Kier alpha value is -2.32. The lowest BCUT2D eigenvalue weighted by molar-refractivity contribution is -0.384. The van der Waals surface area contributed by atoms with Crippen molar-refractivity contribution in [2.45, 2.75) is 13.1 Å². The van der Waals surface area contributed by atoms with Crippen LogP contribution in [-0.4, -0.2) is 30.1 Å². The molecule has 0 aliphatic heterocycles. The molecule has 2 N–H and O–H groups in total. The molecule has 0 unspecified atom stereocenters. The first-order valence-corrected chi connectivity index (χ1v) is 5.62. The predicted octanol–water partition coefficient (Wildman–Crippen LogP) is 2.32. The molecule has 1 aromatic rings. The van der Waals surface area contributed by atoms with Crippen LogP contribution in [0.2, 0.25) is 0 Å². The van der Waals surface area contributed by atoms with E-state index in [2.05, 4.69) is 5.32 Å². The van der Waals surface area contributed by atoms with Crippen LogP contribution >= 0.6 is 0 Å². The summed E-state index contributed by atoms with van der Waals surface area (Å²) in [5.41, 5.74) is -0.376. The molecule has 0 saturated heterocycles. The van der Waals surface area contributed by atoms with Gasteiger partial charge in [-0.1, -0.05) is 0 Å². The minimum absolute atomic E-state index is 0.199. The van der Waals surface area contributed by atoms with Crippen LogP contribution in [0.25, 0.3) is 0 Å². The van der Waals surface area contributed by atoms with Gasteiger partial charge in [0, 0.05) is 18.2 Å². The summed E-state index contributed by atoms with van der Waals surface area (Å²) < 4.78 is 35.9. The number of alkyl halides is 3. The van der Waals surface area contributed by atoms with Crippen molar-refractivity contribution in [2.75, 3.05) is 18.4 Å². The molecule has 1 aromatic carbocycles. The summed E-state index contributed by atoms with van der Waals surface area (Å²) in [6.45, 7) is 0.669. The van der Waals surface area contributed by atoms with Crippen LogP contribution in [0.4, 0.5) is 24.5 Å². The average Bonchev–Trinajstić information content (AvgIpc) is 2.35. The molecule has 6 nitrogen and oxygen atoms in total. The Morgan fingerprint density at radius 3 is 2.55 bits per heavy atom. The van der Waals surface area contributed by atoms with Gasteiger partial charge in [0.15, 0.2) is 0 Å². The third-order valence-electron chi connectivity index (χ3n) is 2.27. The fourth-order valence-electron chi connectivity index (χ4n) is 1.45. The van der Waals surface area contributed by atoms with Gasteiger partial charge in [0.05, 0.1) is 4.92 Å². The van der Waals surface area contributed by atoms with Crippen molar-refractivity contribution in [3.8, 4) is 0 Å². The van der Waals surface area contributed by atoms with E-state index in [1.165, 1.54) is 12.1 Å². The van der Waals surface area contributed by atoms with Gasteiger partial charge < -0.3 is 10.6 Å². The van der Waals surface area contributed by atoms with E-state index in [-0.39, 0.29) is 16.9 Å². The third kappa shape index (κ3) is 4.41. The molecule has 0 bridgehead atoms.